The van der Waals surface area contributed by atoms with Crippen LogP contribution in [0.5, 0.6) is 0 Å². The third-order valence-electron chi connectivity index (χ3n) is 4.87. The number of hydrogen-bond donors (Lipinski definition) is 1. The van der Waals surface area contributed by atoms with E-state index in [2.05, 4.69) is 10.2 Å². The zero-order chi connectivity index (χ0) is 16.3. The summed E-state index contributed by atoms with van der Waals surface area (Å²) in [6.45, 7) is 2.49. The smallest absolute Gasteiger partial charge is 0.151 e. The quantitative estimate of drug-likeness (QED) is 0.910. The second kappa shape index (κ2) is 7.28. The van der Waals surface area contributed by atoms with E-state index in [1.54, 1.807) is 6.07 Å². The molecule has 2 fully saturated rings. The van der Waals surface area contributed by atoms with Crippen molar-refractivity contribution in [2.24, 2.45) is 0 Å². The summed E-state index contributed by atoms with van der Waals surface area (Å²) in [6, 6.07) is 7.42. The molecule has 1 atom stereocenters. The number of likely N-dealkylation sites (tertiary alicyclic amines) is 1. The van der Waals surface area contributed by atoms with E-state index < -0.39 is 9.84 Å². The summed E-state index contributed by atoms with van der Waals surface area (Å²) in [6.07, 6.45) is 3.71. The second-order valence-corrected chi connectivity index (χ2v) is 8.99. The lowest BCUT2D eigenvalue weighted by Gasteiger charge is -2.35. The molecule has 2 heterocycles. The summed E-state index contributed by atoms with van der Waals surface area (Å²) in [5.74, 6) is 0.481. The summed E-state index contributed by atoms with van der Waals surface area (Å²) >= 11 is 0. The Balaban J connectivity index is 1.46. The average molecular weight is 340 g/mol. The fourth-order valence-corrected chi connectivity index (χ4v) is 5.26. The lowest BCUT2D eigenvalue weighted by atomic mass is 10.0. The predicted octanol–water partition coefficient (Wildman–Crippen LogP) is 1.96. The third kappa shape index (κ3) is 4.75. The minimum Gasteiger partial charge on any atom is -0.310 e. The first-order valence-electron chi connectivity index (χ1n) is 8.44. The number of halogens is 1. The summed E-state index contributed by atoms with van der Waals surface area (Å²) in [4.78, 5) is 2.27. The predicted molar refractivity (Wildman–Crippen MR) is 89.5 cm³/mol. The van der Waals surface area contributed by atoms with Gasteiger partial charge in [0.2, 0.25) is 0 Å². The van der Waals surface area contributed by atoms with Crippen LogP contribution in [0.2, 0.25) is 0 Å². The molecular formula is C17H25FN2O2S. The summed E-state index contributed by atoms with van der Waals surface area (Å²) < 4.78 is 37.1. The number of nitrogens with zero attached hydrogens (tertiary/aromatic N) is 1. The van der Waals surface area contributed by atoms with Crippen molar-refractivity contribution in [2.75, 3.05) is 24.6 Å². The van der Waals surface area contributed by atoms with Crippen molar-refractivity contribution in [2.45, 2.75) is 44.3 Å². The fourth-order valence-electron chi connectivity index (χ4n) is 3.61. The van der Waals surface area contributed by atoms with E-state index in [-0.39, 0.29) is 17.6 Å². The number of hydrogen-bond acceptors (Lipinski definition) is 4. The van der Waals surface area contributed by atoms with Gasteiger partial charge in [-0.2, -0.15) is 0 Å². The highest BCUT2D eigenvalue weighted by atomic mass is 32.2. The molecule has 0 aromatic heterocycles. The van der Waals surface area contributed by atoms with Crippen LogP contribution in [0, 0.1) is 5.82 Å². The van der Waals surface area contributed by atoms with Crippen LogP contribution in [0.1, 0.15) is 31.2 Å². The highest BCUT2D eigenvalue weighted by Crippen LogP contribution is 2.18. The molecule has 1 unspecified atom stereocenters. The van der Waals surface area contributed by atoms with Crippen molar-refractivity contribution >= 4 is 9.84 Å². The Morgan fingerprint density at radius 3 is 2.57 bits per heavy atom. The summed E-state index contributed by atoms with van der Waals surface area (Å²) in [5, 5.41) is 3.53. The van der Waals surface area contributed by atoms with Crippen molar-refractivity contribution < 1.29 is 12.8 Å². The Kier molecular flexibility index (Phi) is 5.34. The van der Waals surface area contributed by atoms with Gasteiger partial charge in [0.1, 0.15) is 5.82 Å². The van der Waals surface area contributed by atoms with E-state index in [4.69, 9.17) is 0 Å². The maximum absolute atomic E-state index is 13.7. The van der Waals surface area contributed by atoms with Crippen LogP contribution in [0.3, 0.4) is 0 Å². The molecular weight excluding hydrogens is 315 g/mol. The lowest BCUT2D eigenvalue weighted by molar-refractivity contribution is 0.182. The van der Waals surface area contributed by atoms with Gasteiger partial charge in [-0.15, -0.1) is 0 Å². The largest absolute Gasteiger partial charge is 0.310 e. The van der Waals surface area contributed by atoms with Gasteiger partial charge in [0.25, 0.3) is 0 Å². The van der Waals surface area contributed by atoms with E-state index in [9.17, 15) is 12.8 Å². The first-order valence-corrected chi connectivity index (χ1v) is 10.3. The van der Waals surface area contributed by atoms with Crippen LogP contribution in [0.15, 0.2) is 24.3 Å². The lowest BCUT2D eigenvalue weighted by Crippen LogP contribution is -2.49. The molecule has 2 saturated heterocycles. The maximum Gasteiger partial charge on any atom is 0.151 e. The first kappa shape index (κ1) is 16.9. The summed E-state index contributed by atoms with van der Waals surface area (Å²) in [5.41, 5.74) is 0.747. The normalized spacial score (nSPS) is 26.2. The highest BCUT2D eigenvalue weighted by Gasteiger charge is 2.28. The van der Waals surface area contributed by atoms with Gasteiger partial charge in [-0.3, -0.25) is 4.90 Å². The number of rotatable bonds is 4. The van der Waals surface area contributed by atoms with Crippen molar-refractivity contribution in [1.82, 2.24) is 10.2 Å². The molecule has 1 aromatic rings. The minimum absolute atomic E-state index is 0.108. The molecule has 6 heteroatoms. The van der Waals surface area contributed by atoms with Gasteiger partial charge in [-0.1, -0.05) is 18.2 Å². The average Bonchev–Trinajstić information content (AvgIpc) is 2.50. The van der Waals surface area contributed by atoms with E-state index in [0.717, 1.165) is 44.3 Å². The van der Waals surface area contributed by atoms with Gasteiger partial charge in [0, 0.05) is 24.2 Å². The summed E-state index contributed by atoms with van der Waals surface area (Å²) in [7, 11) is -2.85. The Labute approximate surface area is 138 Å². The van der Waals surface area contributed by atoms with Crippen molar-refractivity contribution in [3.05, 3.63) is 35.6 Å². The van der Waals surface area contributed by atoms with Crippen LogP contribution < -0.4 is 5.32 Å². The molecule has 0 spiro atoms. The molecule has 0 bridgehead atoms. The van der Waals surface area contributed by atoms with Crippen molar-refractivity contribution in [1.29, 1.82) is 0 Å². The second-order valence-electron chi connectivity index (χ2n) is 6.76. The van der Waals surface area contributed by atoms with Crippen molar-refractivity contribution in [3.8, 4) is 0 Å². The number of sulfone groups is 1. The molecule has 4 nitrogen and oxygen atoms in total. The molecule has 128 valence electrons. The van der Waals surface area contributed by atoms with Gasteiger partial charge in [-0.05, 0) is 44.8 Å². The zero-order valence-electron chi connectivity index (χ0n) is 13.4. The first-order chi connectivity index (χ1) is 11.0. The van der Waals surface area contributed by atoms with E-state index in [1.807, 2.05) is 12.1 Å². The molecule has 1 aromatic carbocycles. The fraction of sp³-hybridized carbons (Fsp3) is 0.647. The number of piperidine rings is 1. The molecule has 0 amide bonds. The number of nitrogens with one attached hydrogen (secondary N) is 1. The molecule has 0 saturated carbocycles. The van der Waals surface area contributed by atoms with E-state index >= 15 is 0 Å². The van der Waals surface area contributed by atoms with Gasteiger partial charge in [0.05, 0.1) is 11.5 Å². The van der Waals surface area contributed by atoms with Gasteiger partial charge >= 0.3 is 0 Å². The topological polar surface area (TPSA) is 49.4 Å². The monoisotopic (exact) mass is 340 g/mol. The molecule has 23 heavy (non-hydrogen) atoms. The van der Waals surface area contributed by atoms with Crippen LogP contribution in [0.25, 0.3) is 0 Å². The SMILES string of the molecule is O=S1(=O)CCCC(NC2CCN(Cc3ccccc3F)CC2)C1. The number of benzene rings is 1. The standard InChI is InChI=1S/C17H25FN2O2S/c18-17-6-2-1-4-14(17)12-20-9-7-15(8-10-20)19-16-5-3-11-23(21,22)13-16/h1-2,4,6,15-16,19H,3,5,7-13H2. The van der Waals surface area contributed by atoms with Crippen LogP contribution in [-0.4, -0.2) is 50.0 Å². The zero-order valence-corrected chi connectivity index (χ0v) is 14.2. The Bertz CT molecular complexity index is 627. The van der Waals surface area contributed by atoms with Crippen LogP contribution >= 0.6 is 0 Å². The van der Waals surface area contributed by atoms with Gasteiger partial charge in [0.15, 0.2) is 9.84 Å². The Hall–Kier alpha value is -0.980. The minimum atomic E-state index is -2.85. The molecule has 0 aliphatic carbocycles. The molecule has 2 aliphatic rings. The maximum atomic E-state index is 13.7. The molecule has 1 N–H and O–H groups in total. The Morgan fingerprint density at radius 2 is 1.87 bits per heavy atom. The molecule has 2 aliphatic heterocycles. The third-order valence-corrected chi connectivity index (χ3v) is 6.69. The van der Waals surface area contributed by atoms with Crippen LogP contribution in [-0.2, 0) is 16.4 Å². The van der Waals surface area contributed by atoms with E-state index in [0.29, 0.717) is 18.3 Å². The van der Waals surface area contributed by atoms with Crippen molar-refractivity contribution in [3.63, 3.8) is 0 Å². The van der Waals surface area contributed by atoms with Gasteiger partial charge in [-0.25, -0.2) is 12.8 Å². The van der Waals surface area contributed by atoms with Gasteiger partial charge < -0.3 is 5.32 Å². The highest BCUT2D eigenvalue weighted by molar-refractivity contribution is 7.91. The molecule has 3 rings (SSSR count). The van der Waals surface area contributed by atoms with Crippen LogP contribution in [0.4, 0.5) is 4.39 Å². The Morgan fingerprint density at radius 1 is 1.13 bits per heavy atom. The molecule has 0 radical (unpaired) electrons. The van der Waals surface area contributed by atoms with E-state index in [1.165, 1.54) is 6.07 Å².